The number of carboxylic acid groups (broad SMARTS) is 2. The second kappa shape index (κ2) is 5.79. The van der Waals surface area contributed by atoms with Gasteiger partial charge in [0.05, 0.1) is 11.1 Å². The first-order valence-electron chi connectivity index (χ1n) is 6.54. The van der Waals surface area contributed by atoms with Gasteiger partial charge in [0.25, 0.3) is 0 Å². The van der Waals surface area contributed by atoms with E-state index in [-0.39, 0.29) is 11.1 Å². The van der Waals surface area contributed by atoms with Crippen LogP contribution in [0.5, 0.6) is 0 Å². The van der Waals surface area contributed by atoms with Crippen LogP contribution in [0.15, 0.2) is 36.4 Å². The van der Waals surface area contributed by atoms with E-state index >= 15 is 0 Å². The highest BCUT2D eigenvalue weighted by Crippen LogP contribution is 2.20. The van der Waals surface area contributed by atoms with Crippen molar-refractivity contribution in [2.24, 2.45) is 0 Å². The zero-order valence-corrected chi connectivity index (χ0v) is 11.9. The quantitative estimate of drug-likeness (QED) is 0.903. The Bertz CT molecular complexity index is 717. The molecule has 2 aromatic rings. The largest absolute Gasteiger partial charge is 0.478 e. The fourth-order valence-corrected chi connectivity index (χ4v) is 2.28. The maximum absolute atomic E-state index is 11.3. The molecule has 0 spiro atoms. The lowest BCUT2D eigenvalue weighted by Crippen LogP contribution is -2.07. The molecule has 0 aliphatic heterocycles. The molecule has 0 unspecified atom stereocenters. The minimum atomic E-state index is -1.06. The number of hydrogen-bond donors (Lipinski definition) is 2. The van der Waals surface area contributed by atoms with Crippen molar-refractivity contribution in [1.82, 2.24) is 0 Å². The SMILES string of the molecule is Cc1ccc(C)c(Cc2cc(C(=O)O)ccc2C(=O)O)c1. The van der Waals surface area contributed by atoms with E-state index in [2.05, 4.69) is 0 Å². The molecule has 2 N–H and O–H groups in total. The lowest BCUT2D eigenvalue weighted by molar-refractivity contribution is 0.0680. The van der Waals surface area contributed by atoms with Gasteiger partial charge in [0.2, 0.25) is 0 Å². The molecule has 0 heterocycles. The predicted molar refractivity (Wildman–Crippen MR) is 79.1 cm³/mol. The van der Waals surface area contributed by atoms with Crippen molar-refractivity contribution in [1.29, 1.82) is 0 Å². The van der Waals surface area contributed by atoms with Gasteiger partial charge in [-0.2, -0.15) is 0 Å². The van der Waals surface area contributed by atoms with E-state index in [1.807, 2.05) is 32.0 Å². The summed E-state index contributed by atoms with van der Waals surface area (Å²) in [7, 11) is 0. The van der Waals surface area contributed by atoms with Crippen LogP contribution in [0.25, 0.3) is 0 Å². The molecule has 21 heavy (non-hydrogen) atoms. The molecular formula is C17H16O4. The van der Waals surface area contributed by atoms with E-state index in [4.69, 9.17) is 5.11 Å². The van der Waals surface area contributed by atoms with Gasteiger partial charge in [0.15, 0.2) is 0 Å². The van der Waals surface area contributed by atoms with Crippen LogP contribution in [0.1, 0.15) is 43.0 Å². The van der Waals surface area contributed by atoms with Gasteiger partial charge < -0.3 is 10.2 Å². The van der Waals surface area contributed by atoms with Crippen molar-refractivity contribution in [2.45, 2.75) is 20.3 Å². The van der Waals surface area contributed by atoms with Gasteiger partial charge in [-0.15, -0.1) is 0 Å². The first-order valence-corrected chi connectivity index (χ1v) is 6.54. The Morgan fingerprint density at radius 3 is 2.24 bits per heavy atom. The number of aryl methyl sites for hydroxylation is 2. The maximum Gasteiger partial charge on any atom is 0.335 e. The summed E-state index contributed by atoms with van der Waals surface area (Å²) in [6, 6.07) is 10.1. The second-order valence-corrected chi connectivity index (χ2v) is 5.09. The summed E-state index contributed by atoms with van der Waals surface area (Å²) in [5, 5.41) is 18.3. The van der Waals surface area contributed by atoms with Crippen molar-refractivity contribution >= 4 is 11.9 Å². The first kappa shape index (κ1) is 14.8. The Morgan fingerprint density at radius 2 is 1.62 bits per heavy atom. The maximum atomic E-state index is 11.3. The van der Waals surface area contributed by atoms with Crippen LogP contribution in [0.4, 0.5) is 0 Å². The molecule has 4 heteroatoms. The summed E-state index contributed by atoms with van der Waals surface area (Å²) in [5.74, 6) is -2.11. The summed E-state index contributed by atoms with van der Waals surface area (Å²) in [4.78, 5) is 22.4. The van der Waals surface area contributed by atoms with Crippen LogP contribution < -0.4 is 0 Å². The second-order valence-electron chi connectivity index (χ2n) is 5.09. The molecule has 2 rings (SSSR count). The lowest BCUT2D eigenvalue weighted by atomic mass is 9.94. The van der Waals surface area contributed by atoms with Crippen LogP contribution in [0, 0.1) is 13.8 Å². The van der Waals surface area contributed by atoms with Crippen molar-refractivity contribution < 1.29 is 19.8 Å². The summed E-state index contributed by atoms with van der Waals surface area (Å²) >= 11 is 0. The minimum Gasteiger partial charge on any atom is -0.478 e. The fraction of sp³-hybridized carbons (Fsp3) is 0.176. The summed E-state index contributed by atoms with van der Waals surface area (Å²) < 4.78 is 0. The van der Waals surface area contributed by atoms with Gasteiger partial charge in [-0.1, -0.05) is 23.8 Å². The van der Waals surface area contributed by atoms with Crippen LogP contribution in [0.2, 0.25) is 0 Å². The number of carboxylic acids is 2. The highest BCUT2D eigenvalue weighted by Gasteiger charge is 2.14. The molecule has 0 saturated heterocycles. The number of carbonyl (C=O) groups is 2. The van der Waals surface area contributed by atoms with Gasteiger partial charge in [0.1, 0.15) is 0 Å². The first-order chi connectivity index (χ1) is 9.88. The zero-order valence-electron chi connectivity index (χ0n) is 11.9. The van der Waals surface area contributed by atoms with Gasteiger partial charge in [0, 0.05) is 0 Å². The number of rotatable bonds is 4. The molecule has 0 fully saturated rings. The molecule has 0 atom stereocenters. The molecule has 0 aromatic heterocycles. The van der Waals surface area contributed by atoms with Crippen LogP contribution in [-0.4, -0.2) is 22.2 Å². The number of aromatic carboxylic acids is 2. The molecular weight excluding hydrogens is 268 g/mol. The van der Waals surface area contributed by atoms with Crippen molar-refractivity contribution in [3.63, 3.8) is 0 Å². The van der Waals surface area contributed by atoms with Crippen molar-refractivity contribution in [3.8, 4) is 0 Å². The highest BCUT2D eigenvalue weighted by molar-refractivity contribution is 5.93. The van der Waals surface area contributed by atoms with Crippen molar-refractivity contribution in [2.75, 3.05) is 0 Å². The minimum absolute atomic E-state index is 0.0975. The fourth-order valence-electron chi connectivity index (χ4n) is 2.28. The van der Waals surface area contributed by atoms with Gasteiger partial charge >= 0.3 is 11.9 Å². The van der Waals surface area contributed by atoms with Gasteiger partial charge in [-0.3, -0.25) is 0 Å². The third kappa shape index (κ3) is 3.28. The molecule has 0 bridgehead atoms. The van der Waals surface area contributed by atoms with Crippen LogP contribution in [-0.2, 0) is 6.42 Å². The highest BCUT2D eigenvalue weighted by atomic mass is 16.4. The Morgan fingerprint density at radius 1 is 0.905 bits per heavy atom. The summed E-state index contributed by atoms with van der Waals surface area (Å²) in [5.41, 5.74) is 3.89. The van der Waals surface area contributed by atoms with E-state index in [1.54, 1.807) is 0 Å². The van der Waals surface area contributed by atoms with Crippen molar-refractivity contribution in [3.05, 3.63) is 69.8 Å². The third-order valence-corrected chi connectivity index (χ3v) is 3.47. The molecule has 0 aliphatic rings. The lowest BCUT2D eigenvalue weighted by Gasteiger charge is -2.11. The summed E-state index contributed by atoms with van der Waals surface area (Å²) in [6.45, 7) is 3.92. The van der Waals surface area contributed by atoms with E-state index in [0.29, 0.717) is 12.0 Å². The van der Waals surface area contributed by atoms with E-state index in [9.17, 15) is 14.7 Å². The average Bonchev–Trinajstić information content (AvgIpc) is 2.42. The molecule has 0 saturated carbocycles. The molecule has 108 valence electrons. The predicted octanol–water partition coefficient (Wildman–Crippen LogP) is 3.29. The third-order valence-electron chi connectivity index (χ3n) is 3.47. The van der Waals surface area contributed by atoms with Gasteiger partial charge in [-0.25, -0.2) is 9.59 Å². The molecule has 0 radical (unpaired) electrons. The standard InChI is InChI=1S/C17H16O4/c1-10-3-4-11(2)13(7-10)9-14-8-12(16(18)19)5-6-15(14)17(20)21/h3-8H,9H2,1-2H3,(H,18,19)(H,20,21). The Hall–Kier alpha value is -2.62. The van der Waals surface area contributed by atoms with Gasteiger partial charge in [-0.05, 0) is 55.2 Å². The number of hydrogen-bond acceptors (Lipinski definition) is 2. The average molecular weight is 284 g/mol. The van der Waals surface area contributed by atoms with E-state index < -0.39 is 11.9 Å². The van der Waals surface area contributed by atoms with E-state index in [0.717, 1.165) is 16.7 Å². The topological polar surface area (TPSA) is 74.6 Å². The molecule has 0 amide bonds. The monoisotopic (exact) mass is 284 g/mol. The zero-order chi connectivity index (χ0) is 15.6. The normalized spacial score (nSPS) is 10.4. The molecule has 2 aromatic carbocycles. The van der Waals surface area contributed by atoms with Crippen LogP contribution in [0.3, 0.4) is 0 Å². The number of benzene rings is 2. The smallest absolute Gasteiger partial charge is 0.335 e. The summed E-state index contributed by atoms with van der Waals surface area (Å²) in [6.07, 6.45) is 0.399. The molecule has 4 nitrogen and oxygen atoms in total. The Labute approximate surface area is 122 Å². The Balaban J connectivity index is 2.50. The van der Waals surface area contributed by atoms with Crippen LogP contribution >= 0.6 is 0 Å². The van der Waals surface area contributed by atoms with E-state index in [1.165, 1.54) is 18.2 Å². The molecule has 0 aliphatic carbocycles. The Kier molecular flexibility index (Phi) is 4.08.